The Bertz CT molecular complexity index is 1370. The number of hydrogen-bond acceptors (Lipinski definition) is 4. The first-order valence-electron chi connectivity index (χ1n) is 13.9. The summed E-state index contributed by atoms with van der Waals surface area (Å²) in [5.41, 5.74) is -5.92. The molecule has 0 aliphatic heterocycles. The minimum absolute atomic E-state index is 0.00958. The standard InChI is InChI=1S/C33H34F6O4/c1-6-21(4)42-28(40)22-9-11-23(12-10-22)29(41)43-27-19-17-26(18-20-27)31(32(34,35)36,33(37,38)39)25-15-13-24(14-16-25)30(5,7-2)8-3/h9-21H,6-8H2,1-5H3. The van der Waals surface area contributed by atoms with Crippen LogP contribution in [0.5, 0.6) is 5.75 Å². The molecule has 0 spiro atoms. The van der Waals surface area contributed by atoms with E-state index in [9.17, 15) is 35.9 Å². The molecule has 4 nitrogen and oxygen atoms in total. The summed E-state index contributed by atoms with van der Waals surface area (Å²) in [5.74, 6) is -1.76. The van der Waals surface area contributed by atoms with Gasteiger partial charge in [-0.25, -0.2) is 9.59 Å². The zero-order valence-electron chi connectivity index (χ0n) is 24.5. The number of alkyl halides is 6. The normalized spacial score (nSPS) is 13.4. The molecular formula is C33H34F6O4. The first-order chi connectivity index (χ1) is 20.0. The van der Waals surface area contributed by atoms with Gasteiger partial charge in [-0.15, -0.1) is 0 Å². The number of ether oxygens (including phenoxy) is 2. The molecule has 0 saturated heterocycles. The van der Waals surface area contributed by atoms with Crippen LogP contribution in [0, 0.1) is 0 Å². The Kier molecular flexibility index (Phi) is 10.0. The van der Waals surface area contributed by atoms with E-state index in [4.69, 9.17) is 9.47 Å². The predicted octanol–water partition coefficient (Wildman–Crippen LogP) is 9.35. The van der Waals surface area contributed by atoms with Crippen molar-refractivity contribution in [3.63, 3.8) is 0 Å². The minimum Gasteiger partial charge on any atom is -0.459 e. The Hall–Kier alpha value is -3.82. The molecule has 232 valence electrons. The smallest absolute Gasteiger partial charge is 0.411 e. The molecule has 3 aromatic rings. The highest BCUT2D eigenvalue weighted by molar-refractivity contribution is 5.94. The first-order valence-corrected chi connectivity index (χ1v) is 13.9. The summed E-state index contributed by atoms with van der Waals surface area (Å²) >= 11 is 0. The highest BCUT2D eigenvalue weighted by Crippen LogP contribution is 2.56. The van der Waals surface area contributed by atoms with E-state index in [-0.39, 0.29) is 23.0 Å². The number of carbonyl (C=O) groups excluding carboxylic acids is 2. The lowest BCUT2D eigenvalue weighted by Gasteiger charge is -2.38. The molecule has 0 N–H and O–H groups in total. The van der Waals surface area contributed by atoms with Gasteiger partial charge in [-0.1, -0.05) is 64.1 Å². The van der Waals surface area contributed by atoms with E-state index in [1.165, 1.54) is 36.4 Å². The molecule has 0 aliphatic rings. The Labute approximate surface area is 247 Å². The van der Waals surface area contributed by atoms with Crippen molar-refractivity contribution in [1.29, 1.82) is 0 Å². The van der Waals surface area contributed by atoms with Crippen LogP contribution < -0.4 is 4.74 Å². The van der Waals surface area contributed by atoms with Gasteiger partial charge in [0, 0.05) is 0 Å². The molecule has 0 radical (unpaired) electrons. The van der Waals surface area contributed by atoms with Gasteiger partial charge in [-0.05, 0) is 84.7 Å². The van der Waals surface area contributed by atoms with Gasteiger partial charge in [0.05, 0.1) is 17.2 Å². The topological polar surface area (TPSA) is 52.6 Å². The van der Waals surface area contributed by atoms with Gasteiger partial charge in [-0.2, -0.15) is 26.3 Å². The third-order valence-corrected chi connectivity index (χ3v) is 8.16. The van der Waals surface area contributed by atoms with E-state index in [0.717, 1.165) is 24.3 Å². The molecule has 43 heavy (non-hydrogen) atoms. The van der Waals surface area contributed by atoms with Crippen molar-refractivity contribution in [3.8, 4) is 5.75 Å². The second-order valence-corrected chi connectivity index (χ2v) is 10.7. The van der Waals surface area contributed by atoms with Crippen LogP contribution >= 0.6 is 0 Å². The minimum atomic E-state index is -5.75. The lowest BCUT2D eigenvalue weighted by Crippen LogP contribution is -2.54. The summed E-state index contributed by atoms with van der Waals surface area (Å²) in [6, 6.07) is 12.8. The SMILES string of the molecule is CCC(C)OC(=O)c1ccc(C(=O)Oc2ccc(C(c3ccc(C(C)(CC)CC)cc3)(C(F)(F)F)C(F)(F)F)cc2)cc1. The molecule has 0 bridgehead atoms. The number of benzene rings is 3. The average Bonchev–Trinajstić information content (AvgIpc) is 2.96. The summed E-state index contributed by atoms with van der Waals surface area (Å²) in [7, 11) is 0. The maximum atomic E-state index is 14.6. The molecule has 1 atom stereocenters. The third-order valence-electron chi connectivity index (χ3n) is 8.16. The van der Waals surface area contributed by atoms with Crippen LogP contribution in [-0.2, 0) is 15.6 Å². The monoisotopic (exact) mass is 608 g/mol. The molecule has 0 aromatic heterocycles. The van der Waals surface area contributed by atoms with Crippen LogP contribution in [0.4, 0.5) is 26.3 Å². The Morgan fingerprint density at radius 1 is 0.651 bits per heavy atom. The molecule has 0 saturated carbocycles. The van der Waals surface area contributed by atoms with Crippen molar-refractivity contribution in [1.82, 2.24) is 0 Å². The summed E-state index contributed by atoms with van der Waals surface area (Å²) in [4.78, 5) is 24.7. The molecule has 10 heteroatoms. The van der Waals surface area contributed by atoms with Crippen LogP contribution in [0.25, 0.3) is 0 Å². The lowest BCUT2D eigenvalue weighted by molar-refractivity contribution is -0.288. The third kappa shape index (κ3) is 6.73. The van der Waals surface area contributed by atoms with E-state index in [2.05, 4.69) is 0 Å². The summed E-state index contributed by atoms with van der Waals surface area (Å²) in [5, 5.41) is 0. The summed E-state index contributed by atoms with van der Waals surface area (Å²) in [6.07, 6.45) is -9.87. The Balaban J connectivity index is 1.94. The van der Waals surface area contributed by atoms with Crippen LogP contribution in [0.15, 0.2) is 72.8 Å². The van der Waals surface area contributed by atoms with Crippen LogP contribution in [0.3, 0.4) is 0 Å². The van der Waals surface area contributed by atoms with Gasteiger partial charge < -0.3 is 9.47 Å². The van der Waals surface area contributed by atoms with Crippen molar-refractivity contribution in [2.45, 2.75) is 83.2 Å². The van der Waals surface area contributed by atoms with Crippen molar-refractivity contribution >= 4 is 11.9 Å². The highest BCUT2D eigenvalue weighted by Gasteiger charge is 2.72. The summed E-state index contributed by atoms with van der Waals surface area (Å²) in [6.45, 7) is 9.29. The zero-order valence-corrected chi connectivity index (χ0v) is 24.5. The van der Waals surface area contributed by atoms with E-state index in [0.29, 0.717) is 37.0 Å². The van der Waals surface area contributed by atoms with Crippen LogP contribution in [0.2, 0.25) is 0 Å². The molecular weight excluding hydrogens is 574 g/mol. The lowest BCUT2D eigenvalue weighted by atomic mass is 9.71. The zero-order chi connectivity index (χ0) is 32.2. The maximum Gasteiger partial charge on any atom is 0.411 e. The van der Waals surface area contributed by atoms with E-state index in [1.54, 1.807) is 6.92 Å². The van der Waals surface area contributed by atoms with Gasteiger partial charge in [0.2, 0.25) is 5.41 Å². The molecule has 0 fully saturated rings. The fourth-order valence-corrected chi connectivity index (χ4v) is 4.78. The second-order valence-electron chi connectivity index (χ2n) is 10.7. The largest absolute Gasteiger partial charge is 0.459 e. The molecule has 0 heterocycles. The van der Waals surface area contributed by atoms with Crippen molar-refractivity contribution in [2.24, 2.45) is 0 Å². The number of rotatable bonds is 10. The Morgan fingerprint density at radius 3 is 1.44 bits per heavy atom. The van der Waals surface area contributed by atoms with E-state index in [1.807, 2.05) is 27.7 Å². The van der Waals surface area contributed by atoms with Gasteiger partial charge in [0.1, 0.15) is 5.75 Å². The molecule has 3 rings (SSSR count). The number of esters is 2. The predicted molar refractivity (Wildman–Crippen MR) is 150 cm³/mol. The van der Waals surface area contributed by atoms with Crippen molar-refractivity contribution in [3.05, 3.63) is 101 Å². The Morgan fingerprint density at radius 2 is 1.05 bits per heavy atom. The molecule has 0 aliphatic carbocycles. The van der Waals surface area contributed by atoms with Crippen molar-refractivity contribution in [2.75, 3.05) is 0 Å². The summed E-state index contributed by atoms with van der Waals surface area (Å²) < 4.78 is 97.9. The number of hydrogen-bond donors (Lipinski definition) is 0. The van der Waals surface area contributed by atoms with Gasteiger partial charge in [-0.3, -0.25) is 0 Å². The average molecular weight is 609 g/mol. The molecule has 0 amide bonds. The quantitative estimate of drug-likeness (QED) is 0.131. The maximum absolute atomic E-state index is 14.6. The van der Waals surface area contributed by atoms with Crippen LogP contribution in [0.1, 0.15) is 91.3 Å². The molecule has 3 aromatic carbocycles. The fourth-order valence-electron chi connectivity index (χ4n) is 4.78. The van der Waals surface area contributed by atoms with Gasteiger partial charge in [0.15, 0.2) is 0 Å². The van der Waals surface area contributed by atoms with Crippen LogP contribution in [-0.4, -0.2) is 30.4 Å². The second kappa shape index (κ2) is 12.8. The number of carbonyl (C=O) groups is 2. The highest BCUT2D eigenvalue weighted by atomic mass is 19.4. The van der Waals surface area contributed by atoms with Crippen molar-refractivity contribution < 1.29 is 45.4 Å². The first kappa shape index (κ1) is 33.7. The van der Waals surface area contributed by atoms with E-state index >= 15 is 0 Å². The number of halogens is 6. The molecule has 1 unspecified atom stereocenters. The van der Waals surface area contributed by atoms with E-state index < -0.39 is 46.2 Å². The van der Waals surface area contributed by atoms with Gasteiger partial charge in [0.25, 0.3) is 0 Å². The fraction of sp³-hybridized carbons (Fsp3) is 0.394. The van der Waals surface area contributed by atoms with Gasteiger partial charge >= 0.3 is 24.3 Å².